The third kappa shape index (κ3) is 2.89. The van der Waals surface area contributed by atoms with Crippen molar-refractivity contribution >= 4 is 5.69 Å². The molecule has 0 bridgehead atoms. The van der Waals surface area contributed by atoms with Crippen LogP contribution in [0.4, 0.5) is 5.69 Å². The molecular weight excluding hydrogens is 236 g/mol. The summed E-state index contributed by atoms with van der Waals surface area (Å²) in [6, 6.07) is 4.53. The van der Waals surface area contributed by atoms with E-state index in [2.05, 4.69) is 5.32 Å². The Morgan fingerprint density at radius 1 is 1.50 bits per heavy atom. The molecule has 2 rings (SSSR count). The fourth-order valence-electron chi connectivity index (χ4n) is 1.97. The largest absolute Gasteiger partial charge is 0.497 e. The molecule has 1 N–H and O–H groups in total. The van der Waals surface area contributed by atoms with E-state index in [0.717, 1.165) is 19.4 Å². The Labute approximate surface area is 105 Å². The van der Waals surface area contributed by atoms with Gasteiger partial charge in [-0.2, -0.15) is 0 Å². The molecule has 6 nitrogen and oxygen atoms in total. The molecule has 1 aromatic rings. The number of nitrogens with one attached hydrogen (secondary N) is 1. The molecule has 0 aromatic heterocycles. The molecular formula is C12H16N2O4. The van der Waals surface area contributed by atoms with Crippen molar-refractivity contribution in [3.05, 3.63) is 28.3 Å². The number of hydrogen-bond donors (Lipinski definition) is 1. The molecule has 1 unspecified atom stereocenters. The van der Waals surface area contributed by atoms with E-state index in [1.807, 2.05) is 0 Å². The highest BCUT2D eigenvalue weighted by Gasteiger charge is 2.21. The third-order valence-electron chi connectivity index (χ3n) is 2.91. The van der Waals surface area contributed by atoms with E-state index in [1.165, 1.54) is 13.2 Å². The number of piperidine rings is 1. The van der Waals surface area contributed by atoms with Crippen LogP contribution < -0.4 is 14.8 Å². The minimum atomic E-state index is -0.439. The first kappa shape index (κ1) is 12.6. The predicted octanol–water partition coefficient (Wildman–Crippen LogP) is 1.73. The summed E-state index contributed by atoms with van der Waals surface area (Å²) in [4.78, 5) is 10.5. The minimum absolute atomic E-state index is 0.0236. The number of methoxy groups -OCH3 is 1. The van der Waals surface area contributed by atoms with Crippen molar-refractivity contribution in [2.24, 2.45) is 0 Å². The molecule has 1 saturated heterocycles. The van der Waals surface area contributed by atoms with E-state index < -0.39 is 4.92 Å². The zero-order chi connectivity index (χ0) is 13.0. The maximum Gasteiger partial charge on any atom is 0.311 e. The maximum atomic E-state index is 10.9. The summed E-state index contributed by atoms with van der Waals surface area (Å²) in [5.74, 6) is 0.826. The van der Waals surface area contributed by atoms with Crippen LogP contribution in [-0.2, 0) is 0 Å². The highest BCUT2D eigenvalue weighted by molar-refractivity contribution is 5.50. The SMILES string of the molecule is COc1ccc([N+](=O)[O-])c(OC2CCCNC2)c1. The van der Waals surface area contributed by atoms with Crippen molar-refractivity contribution in [1.29, 1.82) is 0 Å². The number of nitro groups is 1. The molecule has 0 amide bonds. The topological polar surface area (TPSA) is 73.6 Å². The first-order valence-corrected chi connectivity index (χ1v) is 5.90. The maximum absolute atomic E-state index is 10.9. The van der Waals surface area contributed by atoms with E-state index in [9.17, 15) is 10.1 Å². The molecule has 0 radical (unpaired) electrons. The van der Waals surface area contributed by atoms with Gasteiger partial charge in [0, 0.05) is 18.7 Å². The molecule has 98 valence electrons. The number of nitro benzene ring substituents is 1. The van der Waals surface area contributed by atoms with Crippen LogP contribution in [0.25, 0.3) is 0 Å². The molecule has 18 heavy (non-hydrogen) atoms. The summed E-state index contributed by atoms with van der Waals surface area (Å²) in [6.07, 6.45) is 1.90. The lowest BCUT2D eigenvalue weighted by atomic mass is 10.1. The molecule has 1 atom stereocenters. The van der Waals surface area contributed by atoms with Crippen molar-refractivity contribution in [2.45, 2.75) is 18.9 Å². The summed E-state index contributed by atoms with van der Waals surface area (Å²) in [6.45, 7) is 1.69. The van der Waals surface area contributed by atoms with Gasteiger partial charge in [-0.25, -0.2) is 0 Å². The number of hydrogen-bond acceptors (Lipinski definition) is 5. The van der Waals surface area contributed by atoms with Crippen LogP contribution in [0.15, 0.2) is 18.2 Å². The fourth-order valence-corrected chi connectivity index (χ4v) is 1.97. The minimum Gasteiger partial charge on any atom is -0.497 e. The fraction of sp³-hybridized carbons (Fsp3) is 0.500. The van der Waals surface area contributed by atoms with Crippen LogP contribution in [0.3, 0.4) is 0 Å². The van der Waals surface area contributed by atoms with Gasteiger partial charge in [-0.3, -0.25) is 10.1 Å². The number of ether oxygens (including phenoxy) is 2. The lowest BCUT2D eigenvalue weighted by Crippen LogP contribution is -2.37. The molecule has 0 spiro atoms. The van der Waals surface area contributed by atoms with E-state index >= 15 is 0 Å². The van der Waals surface area contributed by atoms with Crippen molar-refractivity contribution in [3.8, 4) is 11.5 Å². The van der Waals surface area contributed by atoms with Crippen LogP contribution in [0.5, 0.6) is 11.5 Å². The smallest absolute Gasteiger partial charge is 0.311 e. The van der Waals surface area contributed by atoms with E-state index in [0.29, 0.717) is 12.3 Å². The highest BCUT2D eigenvalue weighted by Crippen LogP contribution is 2.32. The average Bonchev–Trinajstić information content (AvgIpc) is 2.39. The van der Waals surface area contributed by atoms with Crippen LogP contribution in [0, 0.1) is 10.1 Å². The Balaban J connectivity index is 2.19. The summed E-state index contributed by atoms with van der Waals surface area (Å²) >= 11 is 0. The summed E-state index contributed by atoms with van der Waals surface area (Å²) in [7, 11) is 1.52. The van der Waals surface area contributed by atoms with E-state index in [4.69, 9.17) is 9.47 Å². The van der Waals surface area contributed by atoms with Gasteiger partial charge in [-0.15, -0.1) is 0 Å². The third-order valence-corrected chi connectivity index (χ3v) is 2.91. The summed E-state index contributed by atoms with van der Waals surface area (Å²) in [5, 5.41) is 14.1. The van der Waals surface area contributed by atoms with Crippen LogP contribution in [0.2, 0.25) is 0 Å². The van der Waals surface area contributed by atoms with E-state index in [-0.39, 0.29) is 17.5 Å². The van der Waals surface area contributed by atoms with Crippen LogP contribution in [-0.4, -0.2) is 31.2 Å². The van der Waals surface area contributed by atoms with Gasteiger partial charge in [0.2, 0.25) is 5.75 Å². The van der Waals surface area contributed by atoms with Crippen molar-refractivity contribution in [3.63, 3.8) is 0 Å². The molecule has 6 heteroatoms. The Hall–Kier alpha value is -1.82. The standard InChI is InChI=1S/C12H16N2O4/c1-17-9-4-5-11(14(15)16)12(7-9)18-10-3-2-6-13-8-10/h4-5,7,10,13H,2-3,6,8H2,1H3. The van der Waals surface area contributed by atoms with Gasteiger partial charge in [0.25, 0.3) is 0 Å². The lowest BCUT2D eigenvalue weighted by Gasteiger charge is -2.23. The van der Waals surface area contributed by atoms with Crippen LogP contribution >= 0.6 is 0 Å². The Bertz CT molecular complexity index is 430. The summed E-state index contributed by atoms with van der Waals surface area (Å²) < 4.78 is 10.8. The number of benzene rings is 1. The van der Waals surface area contributed by atoms with Gasteiger partial charge in [0.15, 0.2) is 0 Å². The van der Waals surface area contributed by atoms with Gasteiger partial charge in [0.05, 0.1) is 12.0 Å². The van der Waals surface area contributed by atoms with Gasteiger partial charge in [-0.05, 0) is 25.5 Å². The molecule has 1 aliphatic heterocycles. The van der Waals surface area contributed by atoms with Gasteiger partial charge in [0.1, 0.15) is 11.9 Å². The highest BCUT2D eigenvalue weighted by atomic mass is 16.6. The number of rotatable bonds is 4. The quantitative estimate of drug-likeness (QED) is 0.652. The second-order valence-corrected chi connectivity index (χ2v) is 4.18. The second kappa shape index (κ2) is 5.68. The zero-order valence-electron chi connectivity index (χ0n) is 10.2. The van der Waals surface area contributed by atoms with Crippen LogP contribution in [0.1, 0.15) is 12.8 Å². The first-order valence-electron chi connectivity index (χ1n) is 5.90. The van der Waals surface area contributed by atoms with Gasteiger partial charge in [-0.1, -0.05) is 0 Å². The van der Waals surface area contributed by atoms with Gasteiger partial charge >= 0.3 is 5.69 Å². The Kier molecular flexibility index (Phi) is 3.99. The molecule has 0 aliphatic carbocycles. The monoisotopic (exact) mass is 252 g/mol. The first-order chi connectivity index (χ1) is 8.70. The number of nitrogens with zero attached hydrogens (tertiary/aromatic N) is 1. The predicted molar refractivity (Wildman–Crippen MR) is 66.2 cm³/mol. The van der Waals surface area contributed by atoms with Crippen molar-refractivity contribution < 1.29 is 14.4 Å². The molecule has 1 aromatic carbocycles. The lowest BCUT2D eigenvalue weighted by molar-refractivity contribution is -0.386. The zero-order valence-corrected chi connectivity index (χ0v) is 10.2. The van der Waals surface area contributed by atoms with Crippen molar-refractivity contribution in [1.82, 2.24) is 5.32 Å². The summed E-state index contributed by atoms with van der Waals surface area (Å²) in [5.41, 5.74) is -0.0265. The Morgan fingerprint density at radius 3 is 2.94 bits per heavy atom. The second-order valence-electron chi connectivity index (χ2n) is 4.18. The molecule has 1 aliphatic rings. The molecule has 1 heterocycles. The van der Waals surface area contributed by atoms with Crippen molar-refractivity contribution in [2.75, 3.05) is 20.2 Å². The molecule has 0 saturated carbocycles. The average molecular weight is 252 g/mol. The Morgan fingerprint density at radius 2 is 2.33 bits per heavy atom. The molecule has 1 fully saturated rings. The normalized spacial score (nSPS) is 19.3. The van der Waals surface area contributed by atoms with E-state index in [1.54, 1.807) is 12.1 Å². The van der Waals surface area contributed by atoms with Gasteiger partial charge < -0.3 is 14.8 Å².